The van der Waals surface area contributed by atoms with Gasteiger partial charge in [-0.3, -0.25) is 9.59 Å². The Balaban J connectivity index is 1.15. The summed E-state index contributed by atoms with van der Waals surface area (Å²) in [7, 11) is -3.87. The van der Waals surface area contributed by atoms with Crippen LogP contribution in [0.3, 0.4) is 0 Å². The summed E-state index contributed by atoms with van der Waals surface area (Å²) in [6.45, 7) is 2.63. The van der Waals surface area contributed by atoms with E-state index < -0.39 is 21.7 Å². The zero-order valence-electron chi connectivity index (χ0n) is 22.6. The molecule has 0 aromatic heterocycles. The number of nitrogens with zero attached hydrogens (tertiary/aromatic N) is 1. The zero-order valence-corrected chi connectivity index (χ0v) is 23.4. The van der Waals surface area contributed by atoms with E-state index in [1.807, 2.05) is 0 Å². The molecule has 214 valence electrons. The lowest BCUT2D eigenvalue weighted by molar-refractivity contribution is -0.165. The summed E-state index contributed by atoms with van der Waals surface area (Å²) in [5.74, 6) is -0.150. The van der Waals surface area contributed by atoms with Gasteiger partial charge in [0.15, 0.2) is 5.78 Å². The highest BCUT2D eigenvalue weighted by Crippen LogP contribution is 2.62. The summed E-state index contributed by atoms with van der Waals surface area (Å²) in [6, 6.07) is 4.74. The molecule has 1 aliphatic heterocycles. The fourth-order valence-electron chi connectivity index (χ4n) is 8.42. The maximum Gasteiger partial charge on any atom is 0.329 e. The van der Waals surface area contributed by atoms with Crippen LogP contribution in [0.4, 0.5) is 0 Å². The highest BCUT2D eigenvalue weighted by molar-refractivity contribution is 7.89. The number of esters is 1. The van der Waals surface area contributed by atoms with Crippen LogP contribution in [0, 0.1) is 23.2 Å². The van der Waals surface area contributed by atoms with Crippen LogP contribution < -0.4 is 5.14 Å². The second kappa shape index (κ2) is 9.63. The number of rotatable bonds is 4. The number of hydrogen-bond donors (Lipinski definition) is 2. The first-order chi connectivity index (χ1) is 18.9. The maximum absolute atomic E-state index is 13.5. The van der Waals surface area contributed by atoms with E-state index in [-0.39, 0.29) is 45.9 Å². The van der Waals surface area contributed by atoms with Crippen molar-refractivity contribution in [3.63, 3.8) is 0 Å². The minimum atomic E-state index is -3.87. The van der Waals surface area contributed by atoms with Gasteiger partial charge in [0.25, 0.3) is 5.91 Å². The summed E-state index contributed by atoms with van der Waals surface area (Å²) in [6.07, 6.45) is 10.6. The minimum Gasteiger partial charge on any atom is -0.460 e. The van der Waals surface area contributed by atoms with Crippen LogP contribution in [0.2, 0.25) is 0 Å². The Kier molecular flexibility index (Phi) is 6.59. The van der Waals surface area contributed by atoms with Gasteiger partial charge in [0, 0.05) is 17.5 Å². The predicted molar refractivity (Wildman–Crippen MR) is 145 cm³/mol. The van der Waals surface area contributed by atoms with Crippen molar-refractivity contribution >= 4 is 27.7 Å². The number of sulfonamides is 1. The number of carbonyl (C=O) groups excluding carboxylic acids is 3. The summed E-state index contributed by atoms with van der Waals surface area (Å²) in [4.78, 5) is 40.1. The number of carbonyl (C=O) groups is 3. The minimum absolute atomic E-state index is 0.0490. The lowest BCUT2D eigenvalue weighted by atomic mass is 9.51. The molecule has 7 atom stereocenters. The number of likely N-dealkylation sites (tertiary alicyclic amines) is 1. The number of aliphatic hydroxyl groups is 1. The van der Waals surface area contributed by atoms with Gasteiger partial charge in [0.05, 0.1) is 4.90 Å². The van der Waals surface area contributed by atoms with Crippen molar-refractivity contribution < 1.29 is 32.6 Å². The van der Waals surface area contributed by atoms with Crippen molar-refractivity contribution in [2.24, 2.45) is 28.3 Å². The standard InChI is InChI=1S/C30H36N2O7S/c1-29-14-13-24-22(9-6-19-17-20(33)12-15-30(19,24)36)23(29)10-11-26(29)39-28(35)25-3-2-16-32(25)27(34)18-4-7-21(8-5-18)40(31,37)38/h4-5,7-8,12,15,17,22-26,36H,2-3,6,9-11,13-14,16H2,1H3,(H2,31,37,38)/t22-,23-,24-,25+,26-,29-,30+/m0/s1. The third-order valence-corrected chi connectivity index (χ3v) is 11.4. The number of allylic oxidation sites excluding steroid dienone is 2. The highest BCUT2D eigenvalue weighted by Gasteiger charge is 2.60. The molecule has 1 heterocycles. The Morgan fingerprint density at radius 1 is 1.07 bits per heavy atom. The fraction of sp³-hybridized carbons (Fsp3) is 0.567. The molecule has 1 aromatic rings. The van der Waals surface area contributed by atoms with Gasteiger partial charge >= 0.3 is 5.97 Å². The number of fused-ring (bicyclic) bond motifs is 5. The average molecular weight is 569 g/mol. The lowest BCUT2D eigenvalue weighted by Crippen LogP contribution is -2.55. The Hall–Kier alpha value is -2.82. The van der Waals surface area contributed by atoms with Crippen LogP contribution in [-0.4, -0.2) is 60.4 Å². The van der Waals surface area contributed by atoms with E-state index in [1.165, 1.54) is 35.2 Å². The largest absolute Gasteiger partial charge is 0.460 e. The van der Waals surface area contributed by atoms with Gasteiger partial charge in [-0.2, -0.15) is 0 Å². The molecule has 5 aliphatic rings. The molecule has 0 unspecified atom stereocenters. The first-order valence-corrected chi connectivity index (χ1v) is 15.8. The van der Waals surface area contributed by atoms with Crippen molar-refractivity contribution in [2.75, 3.05) is 6.54 Å². The summed E-state index contributed by atoms with van der Waals surface area (Å²) >= 11 is 0. The van der Waals surface area contributed by atoms with Crippen LogP contribution in [0.1, 0.15) is 68.6 Å². The van der Waals surface area contributed by atoms with Crippen LogP contribution >= 0.6 is 0 Å². The van der Waals surface area contributed by atoms with Crippen molar-refractivity contribution in [2.45, 2.75) is 80.9 Å². The monoisotopic (exact) mass is 568 g/mol. The summed E-state index contributed by atoms with van der Waals surface area (Å²) < 4.78 is 29.3. The Labute approximate surface area is 234 Å². The van der Waals surface area contributed by atoms with Gasteiger partial charge in [0.2, 0.25) is 10.0 Å². The topological polar surface area (TPSA) is 144 Å². The number of nitrogens with two attached hydrogens (primary N) is 1. The van der Waals surface area contributed by atoms with Crippen LogP contribution in [-0.2, 0) is 24.3 Å². The van der Waals surface area contributed by atoms with Crippen molar-refractivity contribution in [1.29, 1.82) is 0 Å². The van der Waals surface area contributed by atoms with Gasteiger partial charge < -0.3 is 14.7 Å². The molecule has 3 saturated carbocycles. The third kappa shape index (κ3) is 4.35. The number of primary sulfonamides is 1. The average Bonchev–Trinajstić information content (AvgIpc) is 3.53. The second-order valence-corrected chi connectivity index (χ2v) is 14.0. The normalized spacial score (nSPS) is 36.9. The molecule has 0 radical (unpaired) electrons. The van der Waals surface area contributed by atoms with E-state index in [9.17, 15) is 27.9 Å². The molecule has 10 heteroatoms. The maximum atomic E-state index is 13.5. The fourth-order valence-corrected chi connectivity index (χ4v) is 8.93. The van der Waals surface area contributed by atoms with Crippen LogP contribution in [0.15, 0.2) is 53.0 Å². The number of ether oxygens (including phenoxy) is 1. The molecule has 1 saturated heterocycles. The SMILES string of the molecule is C[C@]12CC[C@H]3[C@@H](CCC4=CC(=O)C=C[C@@]43O)[C@@H]1CC[C@@H]2OC(=O)[C@H]1CCCN1C(=O)c1ccc(S(N)(=O)=O)cc1. The second-order valence-electron chi connectivity index (χ2n) is 12.4. The molecule has 1 aromatic carbocycles. The molecule has 6 rings (SSSR count). The van der Waals surface area contributed by atoms with E-state index in [2.05, 4.69) is 6.92 Å². The van der Waals surface area contributed by atoms with E-state index in [4.69, 9.17) is 9.88 Å². The van der Waals surface area contributed by atoms with Crippen LogP contribution in [0.5, 0.6) is 0 Å². The predicted octanol–water partition coefficient (Wildman–Crippen LogP) is 2.88. The number of amides is 1. The Bertz CT molecular complexity index is 1420. The smallest absolute Gasteiger partial charge is 0.329 e. The number of hydrogen-bond acceptors (Lipinski definition) is 7. The molecule has 0 bridgehead atoms. The molecule has 0 spiro atoms. The van der Waals surface area contributed by atoms with Crippen molar-refractivity contribution in [3.8, 4) is 0 Å². The molecule has 4 fully saturated rings. The van der Waals surface area contributed by atoms with E-state index in [0.717, 1.165) is 37.7 Å². The quantitative estimate of drug-likeness (QED) is 0.532. The number of ketones is 1. The van der Waals surface area contributed by atoms with Crippen LogP contribution in [0.25, 0.3) is 0 Å². The molecule has 3 N–H and O–H groups in total. The Morgan fingerprint density at radius 3 is 2.55 bits per heavy atom. The molecule has 1 amide bonds. The van der Waals surface area contributed by atoms with E-state index >= 15 is 0 Å². The van der Waals surface area contributed by atoms with Gasteiger partial charge in [-0.1, -0.05) is 6.92 Å². The molecular weight excluding hydrogens is 532 g/mol. The molecule has 40 heavy (non-hydrogen) atoms. The number of benzene rings is 1. The lowest BCUT2D eigenvalue weighted by Gasteiger charge is -2.55. The van der Waals surface area contributed by atoms with Gasteiger partial charge in [0.1, 0.15) is 17.7 Å². The molecule has 9 nitrogen and oxygen atoms in total. The van der Waals surface area contributed by atoms with Gasteiger partial charge in [-0.05, 0) is 117 Å². The van der Waals surface area contributed by atoms with E-state index in [1.54, 1.807) is 12.2 Å². The first kappa shape index (κ1) is 27.4. The van der Waals surface area contributed by atoms with E-state index in [0.29, 0.717) is 37.3 Å². The highest BCUT2D eigenvalue weighted by atomic mass is 32.2. The summed E-state index contributed by atoms with van der Waals surface area (Å²) in [5.41, 5.74) is -0.152. The Morgan fingerprint density at radius 2 is 1.82 bits per heavy atom. The molecule has 4 aliphatic carbocycles. The summed E-state index contributed by atoms with van der Waals surface area (Å²) in [5, 5.41) is 16.8. The van der Waals surface area contributed by atoms with Crippen molar-refractivity contribution in [3.05, 3.63) is 53.6 Å². The van der Waals surface area contributed by atoms with Crippen molar-refractivity contribution in [1.82, 2.24) is 4.90 Å². The zero-order chi connectivity index (χ0) is 28.4. The van der Waals surface area contributed by atoms with Gasteiger partial charge in [-0.15, -0.1) is 0 Å². The third-order valence-electron chi connectivity index (χ3n) is 10.5. The molecular formula is C30H36N2O7S. The van der Waals surface area contributed by atoms with Gasteiger partial charge in [-0.25, -0.2) is 18.4 Å². The first-order valence-electron chi connectivity index (χ1n) is 14.2.